The lowest BCUT2D eigenvalue weighted by molar-refractivity contribution is 0.0692. The number of amides is 1. The minimum Gasteiger partial charge on any atom is -0.335 e. The van der Waals surface area contributed by atoms with Crippen LogP contribution < -0.4 is 0 Å². The number of benzene rings is 2. The molecule has 8 nitrogen and oxygen atoms in total. The topological polar surface area (TPSA) is 88.4 Å². The third-order valence-electron chi connectivity index (χ3n) is 4.92. The zero-order chi connectivity index (χ0) is 21.1. The van der Waals surface area contributed by atoms with Crippen molar-refractivity contribution >= 4 is 27.5 Å². The molecule has 0 saturated carbocycles. The number of nitrogens with zero attached hydrogens (tertiary/aromatic N) is 5. The molecule has 2 heterocycles. The van der Waals surface area contributed by atoms with Gasteiger partial charge in [0.15, 0.2) is 5.69 Å². The van der Waals surface area contributed by atoms with Gasteiger partial charge < -0.3 is 4.90 Å². The highest BCUT2D eigenvalue weighted by atomic mass is 35.5. The molecule has 3 aromatic rings. The van der Waals surface area contributed by atoms with Crippen molar-refractivity contribution in [1.29, 1.82) is 0 Å². The van der Waals surface area contributed by atoms with Gasteiger partial charge in [-0.05, 0) is 29.8 Å². The molecule has 0 radical (unpaired) electrons. The maximum Gasteiger partial charge on any atom is 0.276 e. The van der Waals surface area contributed by atoms with Gasteiger partial charge in [-0.3, -0.25) is 4.79 Å². The van der Waals surface area contributed by atoms with Gasteiger partial charge in [0.05, 0.1) is 17.6 Å². The predicted octanol–water partition coefficient (Wildman–Crippen LogP) is 2.13. The van der Waals surface area contributed by atoms with Crippen LogP contribution in [-0.2, 0) is 16.6 Å². The standard InChI is InChI=1S/C20H20ClN5O3S/c21-17-6-8-18(9-7-17)30(28,29)26-12-10-24(11-13-26)20(27)19-15-25(23-22-19)14-16-4-2-1-3-5-16/h1-9,15H,10-14H2. The van der Waals surface area contributed by atoms with E-state index in [9.17, 15) is 13.2 Å². The lowest BCUT2D eigenvalue weighted by Crippen LogP contribution is -2.50. The van der Waals surface area contributed by atoms with E-state index in [1.54, 1.807) is 27.9 Å². The lowest BCUT2D eigenvalue weighted by Gasteiger charge is -2.33. The maximum atomic E-state index is 12.8. The quantitative estimate of drug-likeness (QED) is 0.600. The Kier molecular flexibility index (Phi) is 5.85. The van der Waals surface area contributed by atoms with E-state index < -0.39 is 10.0 Å². The van der Waals surface area contributed by atoms with Crippen LogP contribution in [0.15, 0.2) is 65.7 Å². The van der Waals surface area contributed by atoms with Crippen LogP contribution in [0.5, 0.6) is 0 Å². The largest absolute Gasteiger partial charge is 0.335 e. The van der Waals surface area contributed by atoms with Crippen molar-refractivity contribution in [3.63, 3.8) is 0 Å². The van der Waals surface area contributed by atoms with E-state index in [0.717, 1.165) is 5.56 Å². The summed E-state index contributed by atoms with van der Waals surface area (Å²) in [6.45, 7) is 1.53. The molecule has 156 valence electrons. The van der Waals surface area contributed by atoms with Gasteiger partial charge in [0.1, 0.15) is 0 Å². The first-order valence-corrected chi connectivity index (χ1v) is 11.2. The summed E-state index contributed by atoms with van der Waals surface area (Å²) in [5, 5.41) is 8.50. The van der Waals surface area contributed by atoms with E-state index in [0.29, 0.717) is 11.6 Å². The van der Waals surface area contributed by atoms with Crippen LogP contribution in [0.1, 0.15) is 16.1 Å². The first-order valence-electron chi connectivity index (χ1n) is 9.42. The van der Waals surface area contributed by atoms with Gasteiger partial charge in [0, 0.05) is 31.2 Å². The van der Waals surface area contributed by atoms with Gasteiger partial charge in [0.25, 0.3) is 5.91 Å². The SMILES string of the molecule is O=C(c1cn(Cc2ccccc2)nn1)N1CCN(S(=O)(=O)c2ccc(Cl)cc2)CC1. The number of carbonyl (C=O) groups excluding carboxylic acids is 1. The summed E-state index contributed by atoms with van der Waals surface area (Å²) in [4.78, 5) is 14.5. The Morgan fingerprint density at radius 1 is 0.967 bits per heavy atom. The van der Waals surface area contributed by atoms with Crippen LogP contribution in [0.2, 0.25) is 5.02 Å². The van der Waals surface area contributed by atoms with E-state index in [-0.39, 0.29) is 42.7 Å². The molecule has 1 aromatic heterocycles. The van der Waals surface area contributed by atoms with E-state index in [1.165, 1.54) is 16.4 Å². The summed E-state index contributed by atoms with van der Waals surface area (Å²) in [6, 6.07) is 15.8. The molecular weight excluding hydrogens is 426 g/mol. The van der Waals surface area contributed by atoms with Crippen molar-refractivity contribution in [1.82, 2.24) is 24.2 Å². The van der Waals surface area contributed by atoms with Crippen LogP contribution in [0.25, 0.3) is 0 Å². The van der Waals surface area contributed by atoms with Gasteiger partial charge in [-0.1, -0.05) is 47.1 Å². The van der Waals surface area contributed by atoms with Crippen LogP contribution in [0.4, 0.5) is 0 Å². The molecule has 30 heavy (non-hydrogen) atoms. The first kappa shape index (κ1) is 20.5. The number of piperazine rings is 1. The molecule has 1 fully saturated rings. The smallest absolute Gasteiger partial charge is 0.276 e. The Labute approximate surface area is 179 Å². The summed E-state index contributed by atoms with van der Waals surface area (Å²) in [5.74, 6) is -0.252. The normalized spacial score (nSPS) is 15.3. The molecular formula is C20H20ClN5O3S. The molecule has 2 aromatic carbocycles. The van der Waals surface area contributed by atoms with E-state index in [2.05, 4.69) is 10.3 Å². The Bertz CT molecular complexity index is 1120. The average molecular weight is 446 g/mol. The minimum atomic E-state index is -3.62. The summed E-state index contributed by atoms with van der Waals surface area (Å²) in [7, 11) is -3.62. The summed E-state index contributed by atoms with van der Waals surface area (Å²) < 4.78 is 28.5. The highest BCUT2D eigenvalue weighted by molar-refractivity contribution is 7.89. The molecule has 0 N–H and O–H groups in total. The van der Waals surface area contributed by atoms with Crippen molar-refractivity contribution in [2.75, 3.05) is 26.2 Å². The van der Waals surface area contributed by atoms with Crippen molar-refractivity contribution in [2.45, 2.75) is 11.4 Å². The first-order chi connectivity index (χ1) is 14.4. The van der Waals surface area contributed by atoms with Gasteiger partial charge in [-0.15, -0.1) is 5.10 Å². The summed E-state index contributed by atoms with van der Waals surface area (Å²) in [5.41, 5.74) is 1.31. The van der Waals surface area contributed by atoms with Gasteiger partial charge in [-0.2, -0.15) is 4.31 Å². The molecule has 1 aliphatic rings. The number of hydrogen-bond acceptors (Lipinski definition) is 5. The van der Waals surface area contributed by atoms with Crippen LogP contribution in [0, 0.1) is 0 Å². The minimum absolute atomic E-state index is 0.190. The monoisotopic (exact) mass is 445 g/mol. The second-order valence-corrected chi connectivity index (χ2v) is 9.31. The predicted molar refractivity (Wildman–Crippen MR) is 112 cm³/mol. The van der Waals surface area contributed by atoms with Crippen LogP contribution in [-0.4, -0.2) is 64.7 Å². The molecule has 0 aliphatic carbocycles. The second-order valence-electron chi connectivity index (χ2n) is 6.94. The maximum absolute atomic E-state index is 12.8. The van der Waals surface area contributed by atoms with E-state index in [4.69, 9.17) is 11.6 Å². The zero-order valence-electron chi connectivity index (χ0n) is 16.1. The highest BCUT2D eigenvalue weighted by Crippen LogP contribution is 2.20. The summed E-state index contributed by atoms with van der Waals surface area (Å²) in [6.07, 6.45) is 1.62. The van der Waals surface area contributed by atoms with Crippen LogP contribution in [0.3, 0.4) is 0 Å². The van der Waals surface area contributed by atoms with Crippen LogP contribution >= 0.6 is 11.6 Å². The fraction of sp³-hybridized carbons (Fsp3) is 0.250. The molecule has 1 aliphatic heterocycles. The summed E-state index contributed by atoms with van der Waals surface area (Å²) >= 11 is 5.84. The van der Waals surface area contributed by atoms with Crippen molar-refractivity contribution in [3.05, 3.63) is 77.1 Å². The van der Waals surface area contributed by atoms with Gasteiger partial charge in [0.2, 0.25) is 10.0 Å². The molecule has 4 rings (SSSR count). The second kappa shape index (κ2) is 8.55. The lowest BCUT2D eigenvalue weighted by atomic mass is 10.2. The van der Waals surface area contributed by atoms with Crippen molar-refractivity contribution in [2.24, 2.45) is 0 Å². The Morgan fingerprint density at radius 2 is 1.63 bits per heavy atom. The third-order valence-corrected chi connectivity index (χ3v) is 7.09. The Balaban J connectivity index is 1.38. The molecule has 10 heteroatoms. The van der Waals surface area contributed by atoms with Gasteiger partial charge >= 0.3 is 0 Å². The van der Waals surface area contributed by atoms with E-state index in [1.807, 2.05) is 30.3 Å². The molecule has 1 saturated heterocycles. The Morgan fingerprint density at radius 3 is 2.30 bits per heavy atom. The number of hydrogen-bond donors (Lipinski definition) is 0. The third kappa shape index (κ3) is 4.38. The molecule has 1 amide bonds. The number of rotatable bonds is 5. The molecule has 0 atom stereocenters. The fourth-order valence-electron chi connectivity index (χ4n) is 3.29. The fourth-order valence-corrected chi connectivity index (χ4v) is 4.84. The molecule has 0 unspecified atom stereocenters. The highest BCUT2D eigenvalue weighted by Gasteiger charge is 2.31. The molecule has 0 bridgehead atoms. The number of aromatic nitrogens is 3. The number of sulfonamides is 1. The van der Waals surface area contributed by atoms with E-state index >= 15 is 0 Å². The average Bonchev–Trinajstić information content (AvgIpc) is 3.23. The van der Waals surface area contributed by atoms with Gasteiger partial charge in [-0.25, -0.2) is 13.1 Å². The van der Waals surface area contributed by atoms with Crippen molar-refractivity contribution in [3.8, 4) is 0 Å². The zero-order valence-corrected chi connectivity index (χ0v) is 17.6. The molecule has 0 spiro atoms. The number of halogens is 1. The number of carbonyl (C=O) groups is 1. The Hall–Kier alpha value is -2.75. The van der Waals surface area contributed by atoms with Crippen molar-refractivity contribution < 1.29 is 13.2 Å².